The Morgan fingerprint density at radius 1 is 1.43 bits per heavy atom. The Kier molecular flexibility index (Phi) is 2.98. The van der Waals surface area contributed by atoms with E-state index in [1.54, 1.807) is 12.3 Å². The second-order valence-electron chi connectivity index (χ2n) is 3.07. The highest BCUT2D eigenvalue weighted by molar-refractivity contribution is 7.85. The molecule has 1 aromatic rings. The van der Waals surface area contributed by atoms with E-state index < -0.39 is 10.8 Å². The summed E-state index contributed by atoms with van der Waals surface area (Å²) in [4.78, 5) is 2.13. The molecule has 1 aliphatic rings. The van der Waals surface area contributed by atoms with E-state index in [2.05, 4.69) is 15.1 Å². The van der Waals surface area contributed by atoms with Gasteiger partial charge in [-0.1, -0.05) is 11.6 Å². The summed E-state index contributed by atoms with van der Waals surface area (Å²) in [6.45, 7) is 1.60. The van der Waals surface area contributed by atoms with Gasteiger partial charge in [0.05, 0.1) is 11.9 Å². The second kappa shape index (κ2) is 4.23. The van der Waals surface area contributed by atoms with Crippen LogP contribution < -0.4 is 4.90 Å². The van der Waals surface area contributed by atoms with Crippen LogP contribution in [0.2, 0.25) is 5.15 Å². The second-order valence-corrected chi connectivity index (χ2v) is 5.16. The molecule has 0 aromatic carbocycles. The van der Waals surface area contributed by atoms with Crippen LogP contribution in [0.3, 0.4) is 0 Å². The van der Waals surface area contributed by atoms with E-state index >= 15 is 0 Å². The van der Waals surface area contributed by atoms with Crippen LogP contribution in [0.25, 0.3) is 0 Å². The van der Waals surface area contributed by atoms with E-state index in [0.717, 1.165) is 30.3 Å². The van der Waals surface area contributed by atoms with E-state index in [1.165, 1.54) is 0 Å². The minimum absolute atomic E-state index is 0.397. The van der Waals surface area contributed by atoms with Crippen molar-refractivity contribution in [3.05, 3.63) is 17.4 Å². The number of hydrogen-bond acceptors (Lipinski definition) is 4. The predicted octanol–water partition coefficient (Wildman–Crippen LogP) is 0.699. The van der Waals surface area contributed by atoms with Crippen LogP contribution >= 0.6 is 11.6 Å². The summed E-state index contributed by atoms with van der Waals surface area (Å²) in [6.07, 6.45) is 1.68. The van der Waals surface area contributed by atoms with Gasteiger partial charge in [0, 0.05) is 41.5 Å². The van der Waals surface area contributed by atoms with E-state index in [1.807, 2.05) is 0 Å². The number of nitrogens with zero attached hydrogens (tertiary/aromatic N) is 3. The number of anilines is 1. The topological polar surface area (TPSA) is 46.1 Å². The average Bonchev–Trinajstić information content (AvgIpc) is 2.19. The molecule has 2 heterocycles. The molecular weight excluding hydrogens is 222 g/mol. The fourth-order valence-corrected chi connectivity index (χ4v) is 2.61. The van der Waals surface area contributed by atoms with Crippen molar-refractivity contribution < 1.29 is 4.21 Å². The van der Waals surface area contributed by atoms with Crippen molar-refractivity contribution in [3.8, 4) is 0 Å². The normalized spacial score (nSPS) is 18.5. The van der Waals surface area contributed by atoms with Crippen molar-refractivity contribution in [1.82, 2.24) is 10.2 Å². The van der Waals surface area contributed by atoms with Crippen molar-refractivity contribution in [2.75, 3.05) is 29.5 Å². The van der Waals surface area contributed by atoms with Gasteiger partial charge in [-0.3, -0.25) is 4.21 Å². The third-order valence-corrected chi connectivity index (χ3v) is 3.61. The number of halogens is 1. The first-order valence-corrected chi connectivity index (χ1v) is 6.20. The van der Waals surface area contributed by atoms with Crippen molar-refractivity contribution >= 4 is 28.1 Å². The van der Waals surface area contributed by atoms with Gasteiger partial charge in [0.2, 0.25) is 0 Å². The van der Waals surface area contributed by atoms with Gasteiger partial charge in [0.1, 0.15) is 0 Å². The maximum absolute atomic E-state index is 11.1. The van der Waals surface area contributed by atoms with Gasteiger partial charge in [-0.2, -0.15) is 5.10 Å². The first-order chi connectivity index (χ1) is 6.75. The lowest BCUT2D eigenvalue weighted by Gasteiger charge is -2.27. The van der Waals surface area contributed by atoms with Crippen LogP contribution in [0.1, 0.15) is 0 Å². The van der Waals surface area contributed by atoms with Crippen LogP contribution in [-0.4, -0.2) is 39.0 Å². The minimum Gasteiger partial charge on any atom is -0.368 e. The molecule has 0 unspecified atom stereocenters. The summed E-state index contributed by atoms with van der Waals surface area (Å²) in [5.74, 6) is 1.44. The lowest BCUT2D eigenvalue weighted by atomic mass is 10.4. The Bertz CT molecular complexity index is 350. The minimum atomic E-state index is -0.651. The number of hydrogen-bond donors (Lipinski definition) is 0. The molecule has 4 nitrogen and oxygen atoms in total. The Labute approximate surface area is 89.7 Å². The smallest absolute Gasteiger partial charge is 0.153 e. The van der Waals surface area contributed by atoms with Crippen LogP contribution in [0, 0.1) is 0 Å². The zero-order valence-electron chi connectivity index (χ0n) is 7.52. The molecule has 1 saturated heterocycles. The van der Waals surface area contributed by atoms with Crippen molar-refractivity contribution in [1.29, 1.82) is 0 Å². The molecule has 0 aliphatic carbocycles. The Morgan fingerprint density at radius 2 is 2.14 bits per heavy atom. The highest BCUT2D eigenvalue weighted by Crippen LogP contribution is 2.17. The molecular formula is C8H10ClN3OS. The summed E-state index contributed by atoms with van der Waals surface area (Å²) < 4.78 is 11.1. The lowest BCUT2D eigenvalue weighted by Crippen LogP contribution is -2.37. The van der Waals surface area contributed by atoms with Crippen molar-refractivity contribution in [3.63, 3.8) is 0 Å². The molecule has 1 aromatic heterocycles. The molecule has 76 valence electrons. The summed E-state index contributed by atoms with van der Waals surface area (Å²) in [7, 11) is -0.651. The first kappa shape index (κ1) is 9.86. The molecule has 14 heavy (non-hydrogen) atoms. The van der Waals surface area contributed by atoms with Crippen molar-refractivity contribution in [2.24, 2.45) is 0 Å². The molecule has 0 radical (unpaired) electrons. The molecule has 0 N–H and O–H groups in total. The van der Waals surface area contributed by atoms with E-state index in [9.17, 15) is 4.21 Å². The fraction of sp³-hybridized carbons (Fsp3) is 0.500. The quantitative estimate of drug-likeness (QED) is 0.714. The van der Waals surface area contributed by atoms with E-state index in [0.29, 0.717) is 5.15 Å². The Morgan fingerprint density at radius 3 is 2.79 bits per heavy atom. The molecule has 0 saturated carbocycles. The third-order valence-electron chi connectivity index (χ3n) is 2.15. The zero-order chi connectivity index (χ0) is 9.97. The molecule has 0 atom stereocenters. The first-order valence-electron chi connectivity index (χ1n) is 4.34. The molecule has 1 fully saturated rings. The molecule has 1 aliphatic heterocycles. The maximum atomic E-state index is 11.1. The zero-order valence-corrected chi connectivity index (χ0v) is 9.09. The standard InChI is InChI=1S/C8H10ClN3OS/c9-8-5-7(6-10-11-8)12-1-3-14(13)4-2-12/h5-6H,1-4H2. The lowest BCUT2D eigenvalue weighted by molar-refractivity contribution is 0.673. The van der Waals surface area contributed by atoms with Gasteiger partial charge >= 0.3 is 0 Å². The summed E-state index contributed by atoms with van der Waals surface area (Å²) >= 11 is 5.73. The van der Waals surface area contributed by atoms with Crippen LogP contribution in [0.5, 0.6) is 0 Å². The third kappa shape index (κ3) is 2.22. The Hall–Kier alpha value is -0.680. The summed E-state index contributed by atoms with van der Waals surface area (Å²) in [5, 5.41) is 7.85. The van der Waals surface area contributed by atoms with E-state index in [4.69, 9.17) is 11.6 Å². The summed E-state index contributed by atoms with van der Waals surface area (Å²) in [5.41, 5.74) is 0.960. The van der Waals surface area contributed by atoms with Gasteiger partial charge < -0.3 is 4.90 Å². The van der Waals surface area contributed by atoms with Gasteiger partial charge in [0.15, 0.2) is 5.15 Å². The van der Waals surface area contributed by atoms with Gasteiger partial charge in [-0.05, 0) is 0 Å². The van der Waals surface area contributed by atoms with Crippen LogP contribution in [0.4, 0.5) is 5.69 Å². The predicted molar refractivity (Wildman–Crippen MR) is 57.1 cm³/mol. The van der Waals surface area contributed by atoms with Gasteiger partial charge in [-0.25, -0.2) is 0 Å². The largest absolute Gasteiger partial charge is 0.368 e. The number of aromatic nitrogens is 2. The van der Waals surface area contributed by atoms with Crippen LogP contribution in [0.15, 0.2) is 12.3 Å². The van der Waals surface area contributed by atoms with Gasteiger partial charge in [-0.15, -0.1) is 5.10 Å². The van der Waals surface area contributed by atoms with Crippen molar-refractivity contribution in [2.45, 2.75) is 0 Å². The highest BCUT2D eigenvalue weighted by atomic mass is 35.5. The maximum Gasteiger partial charge on any atom is 0.153 e. The number of rotatable bonds is 1. The van der Waals surface area contributed by atoms with Crippen LogP contribution in [-0.2, 0) is 10.8 Å². The molecule has 0 spiro atoms. The molecule has 6 heteroatoms. The summed E-state index contributed by atoms with van der Waals surface area (Å²) in [6, 6.07) is 1.78. The average molecular weight is 232 g/mol. The van der Waals surface area contributed by atoms with Gasteiger partial charge in [0.25, 0.3) is 0 Å². The highest BCUT2D eigenvalue weighted by Gasteiger charge is 2.15. The fourth-order valence-electron chi connectivity index (χ4n) is 1.40. The monoisotopic (exact) mass is 231 g/mol. The van der Waals surface area contributed by atoms with E-state index in [-0.39, 0.29) is 0 Å². The molecule has 2 rings (SSSR count). The molecule has 0 amide bonds. The Balaban J connectivity index is 2.12. The SMILES string of the molecule is O=S1CCN(c2cnnc(Cl)c2)CC1. The molecule has 0 bridgehead atoms.